The third kappa shape index (κ3) is 3.02. The predicted octanol–water partition coefficient (Wildman–Crippen LogP) is 2.39. The summed E-state index contributed by atoms with van der Waals surface area (Å²) in [5.74, 6) is 0.396. The maximum Gasteiger partial charge on any atom is 0.251 e. The van der Waals surface area contributed by atoms with Gasteiger partial charge in [0.1, 0.15) is 0 Å². The Morgan fingerprint density at radius 3 is 3.06 bits per heavy atom. The molecule has 1 fully saturated rings. The van der Waals surface area contributed by atoms with E-state index < -0.39 is 5.95 Å². The molecule has 2 atom stereocenters. The first kappa shape index (κ1) is 12.0. The van der Waals surface area contributed by atoms with Gasteiger partial charge in [0.25, 0.3) is 5.91 Å². The molecule has 1 aromatic rings. The molecule has 0 spiro atoms. The Bertz CT molecular complexity index is 408. The number of amides is 1. The Morgan fingerprint density at radius 1 is 1.59 bits per heavy atom. The number of hydrogen-bond donors (Lipinski definition) is 1. The molecule has 0 radical (unpaired) electrons. The van der Waals surface area contributed by atoms with Crippen molar-refractivity contribution in [1.29, 1.82) is 0 Å². The summed E-state index contributed by atoms with van der Waals surface area (Å²) in [6.07, 6.45) is 4.96. The van der Waals surface area contributed by atoms with Crippen LogP contribution in [0.25, 0.3) is 0 Å². The normalized spacial score (nSPS) is 23.6. The molecule has 1 heterocycles. The topological polar surface area (TPSA) is 42.0 Å². The second kappa shape index (κ2) is 5.25. The van der Waals surface area contributed by atoms with Crippen LogP contribution in [0.5, 0.6) is 0 Å². The number of aromatic nitrogens is 1. The lowest BCUT2D eigenvalue weighted by atomic mass is 9.98. The monoisotopic (exact) mass is 236 g/mol. The maximum atomic E-state index is 12.8. The highest BCUT2D eigenvalue weighted by molar-refractivity contribution is 5.93. The van der Waals surface area contributed by atoms with Gasteiger partial charge in [-0.3, -0.25) is 4.79 Å². The standard InChI is InChI=1S/C13H17FN2O/c1-9-3-2-4-11(9)8-16-13(17)10-5-6-15-12(14)7-10/h5-7,9,11H,2-4,8H2,1H3,(H,16,17). The molecular weight excluding hydrogens is 219 g/mol. The van der Waals surface area contributed by atoms with Crippen molar-refractivity contribution in [3.8, 4) is 0 Å². The number of carbonyl (C=O) groups excluding carboxylic acids is 1. The fraction of sp³-hybridized carbons (Fsp3) is 0.538. The van der Waals surface area contributed by atoms with Crippen molar-refractivity contribution in [2.75, 3.05) is 6.54 Å². The number of nitrogens with one attached hydrogen (secondary N) is 1. The van der Waals surface area contributed by atoms with E-state index in [4.69, 9.17) is 0 Å². The molecule has 0 bridgehead atoms. The van der Waals surface area contributed by atoms with E-state index in [-0.39, 0.29) is 5.91 Å². The summed E-state index contributed by atoms with van der Waals surface area (Å²) >= 11 is 0. The molecule has 1 aliphatic rings. The van der Waals surface area contributed by atoms with Crippen LogP contribution in [0.1, 0.15) is 36.5 Å². The molecule has 92 valence electrons. The van der Waals surface area contributed by atoms with Crippen molar-refractivity contribution in [1.82, 2.24) is 10.3 Å². The van der Waals surface area contributed by atoms with Gasteiger partial charge in [0.15, 0.2) is 0 Å². The smallest absolute Gasteiger partial charge is 0.251 e. The number of pyridine rings is 1. The lowest BCUT2D eigenvalue weighted by molar-refractivity contribution is 0.0944. The van der Waals surface area contributed by atoms with E-state index in [1.165, 1.54) is 31.5 Å². The molecule has 3 nitrogen and oxygen atoms in total. The van der Waals surface area contributed by atoms with Gasteiger partial charge < -0.3 is 5.32 Å². The van der Waals surface area contributed by atoms with Crippen LogP contribution in [0.2, 0.25) is 0 Å². The molecular formula is C13H17FN2O. The summed E-state index contributed by atoms with van der Waals surface area (Å²) in [5, 5.41) is 2.87. The highest BCUT2D eigenvalue weighted by Crippen LogP contribution is 2.30. The summed E-state index contributed by atoms with van der Waals surface area (Å²) in [6.45, 7) is 2.90. The van der Waals surface area contributed by atoms with Crippen molar-refractivity contribution in [3.05, 3.63) is 29.8 Å². The molecule has 0 aliphatic heterocycles. The highest BCUT2D eigenvalue weighted by atomic mass is 19.1. The Morgan fingerprint density at radius 2 is 2.41 bits per heavy atom. The summed E-state index contributed by atoms with van der Waals surface area (Å²) in [4.78, 5) is 15.2. The van der Waals surface area contributed by atoms with E-state index in [1.54, 1.807) is 0 Å². The third-order valence-electron chi connectivity index (χ3n) is 3.55. The second-order valence-electron chi connectivity index (χ2n) is 4.75. The summed E-state index contributed by atoms with van der Waals surface area (Å²) < 4.78 is 12.8. The predicted molar refractivity (Wildman–Crippen MR) is 63.0 cm³/mol. The van der Waals surface area contributed by atoms with Crippen molar-refractivity contribution in [3.63, 3.8) is 0 Å². The number of rotatable bonds is 3. The SMILES string of the molecule is CC1CCCC1CNC(=O)c1ccnc(F)c1. The number of nitrogens with zero attached hydrogens (tertiary/aromatic N) is 1. The van der Waals surface area contributed by atoms with Gasteiger partial charge in [-0.1, -0.05) is 19.8 Å². The minimum atomic E-state index is -0.619. The zero-order valence-electron chi connectivity index (χ0n) is 9.95. The Labute approximate surface area is 100 Å². The van der Waals surface area contributed by atoms with E-state index in [9.17, 15) is 9.18 Å². The van der Waals surface area contributed by atoms with Crippen LogP contribution in [0.4, 0.5) is 4.39 Å². The molecule has 1 aromatic heterocycles. The lowest BCUT2D eigenvalue weighted by Gasteiger charge is -2.15. The molecule has 2 unspecified atom stereocenters. The second-order valence-corrected chi connectivity index (χ2v) is 4.75. The van der Waals surface area contributed by atoms with Gasteiger partial charge in [-0.05, 0) is 24.3 Å². The molecule has 1 aliphatic carbocycles. The van der Waals surface area contributed by atoms with Gasteiger partial charge in [-0.15, -0.1) is 0 Å². The van der Waals surface area contributed by atoms with E-state index in [0.29, 0.717) is 23.9 Å². The minimum absolute atomic E-state index is 0.217. The third-order valence-corrected chi connectivity index (χ3v) is 3.55. The molecule has 0 saturated heterocycles. The van der Waals surface area contributed by atoms with E-state index in [1.807, 2.05) is 0 Å². The van der Waals surface area contributed by atoms with Crippen LogP contribution in [-0.4, -0.2) is 17.4 Å². The van der Waals surface area contributed by atoms with Gasteiger partial charge in [-0.25, -0.2) is 4.98 Å². The highest BCUT2D eigenvalue weighted by Gasteiger charge is 2.23. The van der Waals surface area contributed by atoms with Gasteiger partial charge in [-0.2, -0.15) is 4.39 Å². The van der Waals surface area contributed by atoms with Crippen LogP contribution in [0, 0.1) is 17.8 Å². The number of carbonyl (C=O) groups is 1. The summed E-state index contributed by atoms with van der Waals surface area (Å²) in [5.41, 5.74) is 0.336. The summed E-state index contributed by atoms with van der Waals surface area (Å²) in [6, 6.07) is 2.68. The van der Waals surface area contributed by atoms with E-state index in [2.05, 4.69) is 17.2 Å². The van der Waals surface area contributed by atoms with Crippen LogP contribution in [-0.2, 0) is 0 Å². The molecule has 2 rings (SSSR count). The first-order valence-electron chi connectivity index (χ1n) is 6.06. The molecule has 1 N–H and O–H groups in total. The zero-order chi connectivity index (χ0) is 12.3. The first-order valence-corrected chi connectivity index (χ1v) is 6.06. The molecule has 1 saturated carbocycles. The van der Waals surface area contributed by atoms with Crippen LogP contribution < -0.4 is 5.32 Å². The van der Waals surface area contributed by atoms with Gasteiger partial charge >= 0.3 is 0 Å². The summed E-state index contributed by atoms with van der Waals surface area (Å²) in [7, 11) is 0. The zero-order valence-corrected chi connectivity index (χ0v) is 9.95. The first-order chi connectivity index (χ1) is 8.16. The van der Waals surface area contributed by atoms with Crippen LogP contribution in [0.3, 0.4) is 0 Å². The van der Waals surface area contributed by atoms with Crippen LogP contribution >= 0.6 is 0 Å². The molecule has 0 aromatic carbocycles. The largest absolute Gasteiger partial charge is 0.352 e. The van der Waals surface area contributed by atoms with E-state index >= 15 is 0 Å². The van der Waals surface area contributed by atoms with Gasteiger partial charge in [0, 0.05) is 24.4 Å². The quantitative estimate of drug-likeness (QED) is 0.819. The average molecular weight is 236 g/mol. The minimum Gasteiger partial charge on any atom is -0.352 e. The molecule has 1 amide bonds. The Hall–Kier alpha value is -1.45. The molecule has 17 heavy (non-hydrogen) atoms. The van der Waals surface area contributed by atoms with Gasteiger partial charge in [0.2, 0.25) is 5.95 Å². The van der Waals surface area contributed by atoms with Crippen molar-refractivity contribution < 1.29 is 9.18 Å². The van der Waals surface area contributed by atoms with Crippen molar-refractivity contribution >= 4 is 5.91 Å². The number of halogens is 1. The Balaban J connectivity index is 1.89. The molecule has 4 heteroatoms. The fourth-order valence-corrected chi connectivity index (χ4v) is 2.40. The average Bonchev–Trinajstić information content (AvgIpc) is 2.72. The maximum absolute atomic E-state index is 12.8. The fourth-order valence-electron chi connectivity index (χ4n) is 2.40. The van der Waals surface area contributed by atoms with Gasteiger partial charge in [0.05, 0.1) is 0 Å². The Kier molecular flexibility index (Phi) is 3.71. The number of hydrogen-bond acceptors (Lipinski definition) is 2. The van der Waals surface area contributed by atoms with Crippen molar-refractivity contribution in [2.45, 2.75) is 26.2 Å². The van der Waals surface area contributed by atoms with E-state index in [0.717, 1.165) is 6.07 Å². The van der Waals surface area contributed by atoms with Crippen molar-refractivity contribution in [2.24, 2.45) is 11.8 Å². The lowest BCUT2D eigenvalue weighted by Crippen LogP contribution is -2.30. The van der Waals surface area contributed by atoms with Crippen LogP contribution in [0.15, 0.2) is 18.3 Å².